The summed E-state index contributed by atoms with van der Waals surface area (Å²) in [6.45, 7) is 11.5. The number of likely N-dealkylation sites (N-methyl/N-ethyl adjacent to an activating group) is 1. The smallest absolute Gasteiger partial charge is 0.220 e. The van der Waals surface area contributed by atoms with Crippen LogP contribution in [0.5, 0.6) is 0 Å². The lowest BCUT2D eigenvalue weighted by molar-refractivity contribution is -0.122. The summed E-state index contributed by atoms with van der Waals surface area (Å²) in [6.07, 6.45) is -0.914. The summed E-state index contributed by atoms with van der Waals surface area (Å²) in [7, 11) is 0. The predicted octanol–water partition coefficient (Wildman–Crippen LogP) is 1.53. The van der Waals surface area contributed by atoms with E-state index in [4.69, 9.17) is 14.2 Å². The quantitative estimate of drug-likeness (QED) is 0.413. The molecule has 0 radical (unpaired) electrons. The van der Waals surface area contributed by atoms with Gasteiger partial charge in [-0.1, -0.05) is 20.8 Å². The largest absolute Gasteiger partial charge is 0.378 e. The van der Waals surface area contributed by atoms with Gasteiger partial charge in [0, 0.05) is 13.0 Å². The third kappa shape index (κ3) is 16.1. The zero-order chi connectivity index (χ0) is 18.2. The molecule has 0 aromatic rings. The minimum Gasteiger partial charge on any atom is -0.378 e. The van der Waals surface area contributed by atoms with E-state index in [0.717, 1.165) is 13.1 Å². The third-order valence-corrected chi connectivity index (χ3v) is 3.07. The maximum atomic E-state index is 13.6. The molecular weight excluding hydrogens is 315 g/mol. The molecule has 0 bridgehead atoms. The summed E-state index contributed by atoms with van der Waals surface area (Å²) in [5.74, 6) is 0.141. The van der Waals surface area contributed by atoms with Gasteiger partial charge in [-0.3, -0.25) is 4.79 Å². The van der Waals surface area contributed by atoms with Gasteiger partial charge in [-0.25, -0.2) is 4.39 Å². The molecular formula is C17H35FN2O4. The molecule has 2 N–H and O–H groups in total. The lowest BCUT2D eigenvalue weighted by atomic mass is 10.1. The van der Waals surface area contributed by atoms with Crippen molar-refractivity contribution in [1.29, 1.82) is 0 Å². The number of amides is 1. The average Bonchev–Trinajstić information content (AvgIpc) is 2.51. The molecule has 7 heteroatoms. The summed E-state index contributed by atoms with van der Waals surface area (Å²) in [6, 6.07) is 0. The van der Waals surface area contributed by atoms with Gasteiger partial charge < -0.3 is 24.8 Å². The maximum Gasteiger partial charge on any atom is 0.220 e. The molecule has 0 aromatic heterocycles. The number of halogens is 1. The Balaban J connectivity index is 3.46. The second-order valence-electron chi connectivity index (χ2n) is 6.18. The van der Waals surface area contributed by atoms with Crippen LogP contribution in [0, 0.1) is 5.92 Å². The van der Waals surface area contributed by atoms with Crippen LogP contribution in [0.4, 0.5) is 4.39 Å². The maximum absolute atomic E-state index is 13.6. The number of ether oxygens (including phenoxy) is 3. The van der Waals surface area contributed by atoms with Crippen LogP contribution >= 0.6 is 0 Å². The van der Waals surface area contributed by atoms with Gasteiger partial charge >= 0.3 is 0 Å². The molecule has 0 spiro atoms. The van der Waals surface area contributed by atoms with E-state index in [-0.39, 0.29) is 31.1 Å². The highest BCUT2D eigenvalue weighted by atomic mass is 19.1. The fourth-order valence-electron chi connectivity index (χ4n) is 1.87. The van der Waals surface area contributed by atoms with Gasteiger partial charge in [0.1, 0.15) is 6.17 Å². The van der Waals surface area contributed by atoms with E-state index in [0.29, 0.717) is 32.8 Å². The van der Waals surface area contributed by atoms with Crippen LogP contribution in [0.1, 0.15) is 34.1 Å². The highest BCUT2D eigenvalue weighted by Crippen LogP contribution is 1.99. The number of nitrogens with one attached hydrogen (secondary N) is 2. The Kier molecular flexibility index (Phi) is 15.3. The Labute approximate surface area is 145 Å². The molecule has 0 aliphatic rings. The number of alkyl halides is 1. The van der Waals surface area contributed by atoms with Crippen LogP contribution in [0.15, 0.2) is 0 Å². The molecule has 0 aliphatic carbocycles. The predicted molar refractivity (Wildman–Crippen MR) is 93.0 cm³/mol. The van der Waals surface area contributed by atoms with Gasteiger partial charge in [-0.15, -0.1) is 0 Å². The number of rotatable bonds is 16. The van der Waals surface area contributed by atoms with Gasteiger partial charge in [0.05, 0.1) is 45.7 Å². The number of hydrogen-bond donors (Lipinski definition) is 2. The average molecular weight is 350 g/mol. The van der Waals surface area contributed by atoms with Crippen molar-refractivity contribution in [3.63, 3.8) is 0 Å². The Bertz CT molecular complexity index is 306. The van der Waals surface area contributed by atoms with E-state index in [1.165, 1.54) is 0 Å². The highest BCUT2D eigenvalue weighted by Gasteiger charge is 2.11. The standard InChI is InChI=1S/C17H35FN2O4/c1-5-19-6-7-22-8-9-24-15(4)12-23-13-16(18)11-20-17(21)10-14(2)3/h14-16,19H,5-13H2,1-4H3,(H,20,21). The molecule has 0 fully saturated rings. The van der Waals surface area contributed by atoms with Crippen LogP contribution in [-0.4, -0.2) is 70.9 Å². The Hall–Kier alpha value is -0.760. The lowest BCUT2D eigenvalue weighted by Gasteiger charge is -2.15. The fraction of sp³-hybridized carbons (Fsp3) is 0.941. The van der Waals surface area contributed by atoms with Crippen molar-refractivity contribution in [2.45, 2.75) is 46.4 Å². The van der Waals surface area contributed by atoms with Crippen molar-refractivity contribution in [2.24, 2.45) is 5.92 Å². The molecule has 0 saturated carbocycles. The Morgan fingerprint density at radius 3 is 2.50 bits per heavy atom. The van der Waals surface area contributed by atoms with Gasteiger partial charge in [-0.2, -0.15) is 0 Å². The van der Waals surface area contributed by atoms with E-state index in [9.17, 15) is 9.18 Å². The third-order valence-electron chi connectivity index (χ3n) is 3.07. The second kappa shape index (κ2) is 15.7. The molecule has 6 nitrogen and oxygen atoms in total. The van der Waals surface area contributed by atoms with Crippen LogP contribution in [-0.2, 0) is 19.0 Å². The fourth-order valence-corrected chi connectivity index (χ4v) is 1.87. The van der Waals surface area contributed by atoms with Gasteiger partial charge in [0.15, 0.2) is 0 Å². The summed E-state index contributed by atoms with van der Waals surface area (Å²) < 4.78 is 29.8. The number of carbonyl (C=O) groups is 1. The van der Waals surface area contributed by atoms with E-state index in [1.54, 1.807) is 0 Å². The molecule has 1 amide bonds. The van der Waals surface area contributed by atoms with Crippen molar-refractivity contribution in [1.82, 2.24) is 10.6 Å². The second-order valence-corrected chi connectivity index (χ2v) is 6.18. The highest BCUT2D eigenvalue weighted by molar-refractivity contribution is 5.76. The van der Waals surface area contributed by atoms with Gasteiger partial charge in [0.2, 0.25) is 5.91 Å². The van der Waals surface area contributed by atoms with Crippen molar-refractivity contribution in [3.8, 4) is 0 Å². The summed E-state index contributed by atoms with van der Waals surface area (Å²) >= 11 is 0. The van der Waals surface area contributed by atoms with E-state index in [2.05, 4.69) is 10.6 Å². The van der Waals surface area contributed by atoms with E-state index in [1.807, 2.05) is 27.7 Å². The van der Waals surface area contributed by atoms with Gasteiger partial charge in [-0.05, 0) is 19.4 Å². The van der Waals surface area contributed by atoms with E-state index < -0.39 is 6.17 Å². The summed E-state index contributed by atoms with van der Waals surface area (Å²) in [4.78, 5) is 11.4. The lowest BCUT2D eigenvalue weighted by Crippen LogP contribution is -2.33. The van der Waals surface area contributed by atoms with Crippen LogP contribution < -0.4 is 10.6 Å². The van der Waals surface area contributed by atoms with Crippen LogP contribution in [0.2, 0.25) is 0 Å². The first-order valence-electron chi connectivity index (χ1n) is 8.84. The van der Waals surface area contributed by atoms with Crippen LogP contribution in [0.25, 0.3) is 0 Å². The molecule has 0 heterocycles. The SMILES string of the molecule is CCNCCOCCOC(C)COCC(F)CNC(=O)CC(C)C. The zero-order valence-corrected chi connectivity index (χ0v) is 15.6. The zero-order valence-electron chi connectivity index (χ0n) is 15.6. The molecule has 2 unspecified atom stereocenters. The summed E-state index contributed by atoms with van der Waals surface area (Å²) in [5, 5.41) is 5.73. The van der Waals surface area contributed by atoms with Crippen molar-refractivity contribution >= 4 is 5.91 Å². The number of carbonyl (C=O) groups excluding carboxylic acids is 1. The normalized spacial score (nSPS) is 13.9. The molecule has 0 rings (SSSR count). The van der Waals surface area contributed by atoms with Crippen LogP contribution in [0.3, 0.4) is 0 Å². The molecule has 0 aromatic carbocycles. The molecule has 144 valence electrons. The molecule has 0 aliphatic heterocycles. The minimum atomic E-state index is -1.21. The van der Waals surface area contributed by atoms with Crippen molar-refractivity contribution < 1.29 is 23.4 Å². The van der Waals surface area contributed by atoms with Crippen molar-refractivity contribution in [3.05, 3.63) is 0 Å². The first-order valence-corrected chi connectivity index (χ1v) is 8.84. The number of hydrogen-bond acceptors (Lipinski definition) is 5. The minimum absolute atomic E-state index is 0.0135. The topological polar surface area (TPSA) is 68.8 Å². The van der Waals surface area contributed by atoms with Gasteiger partial charge in [0.25, 0.3) is 0 Å². The molecule has 24 heavy (non-hydrogen) atoms. The van der Waals surface area contributed by atoms with Crippen molar-refractivity contribution in [2.75, 3.05) is 52.7 Å². The molecule has 2 atom stereocenters. The summed E-state index contributed by atoms with van der Waals surface area (Å²) in [5.41, 5.74) is 0. The monoisotopic (exact) mass is 350 g/mol. The Morgan fingerprint density at radius 2 is 1.83 bits per heavy atom. The molecule has 0 saturated heterocycles. The first-order chi connectivity index (χ1) is 11.5. The first kappa shape index (κ1) is 23.2. The Morgan fingerprint density at radius 1 is 1.08 bits per heavy atom. The van der Waals surface area contributed by atoms with E-state index >= 15 is 0 Å².